The van der Waals surface area contributed by atoms with Gasteiger partial charge in [0.25, 0.3) is 0 Å². The number of ether oxygens (including phenoxy) is 3. The lowest BCUT2D eigenvalue weighted by atomic mass is 10.2. The molecule has 0 spiro atoms. The normalized spacial score (nSPS) is 13.9. The SMILES string of the molecule is CCN(Cc1cccc(OCOC2CCCC2)c1)c1ccnnc1COc1ncc2[nH]cnc2n1. The van der Waals surface area contributed by atoms with Gasteiger partial charge in [-0.1, -0.05) is 25.0 Å². The molecule has 35 heavy (non-hydrogen) atoms. The van der Waals surface area contributed by atoms with E-state index >= 15 is 0 Å². The molecule has 182 valence electrons. The van der Waals surface area contributed by atoms with Crippen molar-refractivity contribution in [1.82, 2.24) is 30.1 Å². The Morgan fingerprint density at radius 2 is 2.03 bits per heavy atom. The second-order valence-corrected chi connectivity index (χ2v) is 8.44. The van der Waals surface area contributed by atoms with E-state index in [0.717, 1.165) is 41.9 Å². The number of H-pyrrole nitrogens is 1. The second kappa shape index (κ2) is 11.1. The summed E-state index contributed by atoms with van der Waals surface area (Å²) < 4.78 is 17.5. The van der Waals surface area contributed by atoms with E-state index in [-0.39, 0.29) is 19.4 Å². The zero-order chi connectivity index (χ0) is 23.9. The van der Waals surface area contributed by atoms with Gasteiger partial charge in [0, 0.05) is 13.1 Å². The molecule has 10 heteroatoms. The fraction of sp³-hybridized carbons (Fsp3) is 0.400. The first-order chi connectivity index (χ1) is 17.3. The van der Waals surface area contributed by atoms with Gasteiger partial charge in [0.15, 0.2) is 12.4 Å². The van der Waals surface area contributed by atoms with E-state index in [0.29, 0.717) is 24.0 Å². The molecule has 0 radical (unpaired) electrons. The standard InChI is InChI=1S/C25H29N7O3/c1-2-32(14-18-6-5-9-20(12-18)35-17-34-19-7-3-4-8-19)23-10-11-29-31-22(23)15-33-25-26-13-21-24(30-25)28-16-27-21/h5-6,9-13,16,19H,2-4,7-8,14-15,17H2,1H3,(H,26,27,28,30). The van der Waals surface area contributed by atoms with Gasteiger partial charge in [0.05, 0.1) is 30.5 Å². The highest BCUT2D eigenvalue weighted by atomic mass is 16.7. The Balaban J connectivity index is 1.23. The maximum atomic E-state index is 5.86. The van der Waals surface area contributed by atoms with Gasteiger partial charge in [-0.25, -0.2) is 9.97 Å². The van der Waals surface area contributed by atoms with Crippen LogP contribution in [0.3, 0.4) is 0 Å². The Labute approximate surface area is 203 Å². The van der Waals surface area contributed by atoms with E-state index in [9.17, 15) is 0 Å². The van der Waals surface area contributed by atoms with Crippen LogP contribution in [0.2, 0.25) is 0 Å². The Kier molecular flexibility index (Phi) is 7.28. The molecule has 1 fully saturated rings. The molecule has 0 unspecified atom stereocenters. The van der Waals surface area contributed by atoms with E-state index in [1.165, 1.54) is 12.8 Å². The molecule has 1 aliphatic carbocycles. The van der Waals surface area contributed by atoms with Crippen LogP contribution in [0.25, 0.3) is 11.2 Å². The topological polar surface area (TPSA) is 111 Å². The lowest BCUT2D eigenvalue weighted by molar-refractivity contribution is -0.0325. The molecule has 1 N–H and O–H groups in total. The largest absolute Gasteiger partial charge is 0.468 e. The summed E-state index contributed by atoms with van der Waals surface area (Å²) in [5.74, 6) is 0.805. The lowest BCUT2D eigenvalue weighted by Crippen LogP contribution is -2.24. The fourth-order valence-corrected chi connectivity index (χ4v) is 4.24. The highest BCUT2D eigenvalue weighted by Gasteiger charge is 2.16. The summed E-state index contributed by atoms with van der Waals surface area (Å²) in [4.78, 5) is 17.9. The van der Waals surface area contributed by atoms with Crippen LogP contribution in [-0.4, -0.2) is 49.6 Å². The van der Waals surface area contributed by atoms with E-state index in [1.807, 2.05) is 18.2 Å². The van der Waals surface area contributed by atoms with Crippen LogP contribution in [0.15, 0.2) is 49.1 Å². The third kappa shape index (κ3) is 5.83. The van der Waals surface area contributed by atoms with E-state index < -0.39 is 0 Å². The van der Waals surface area contributed by atoms with Crippen molar-refractivity contribution < 1.29 is 14.2 Å². The van der Waals surface area contributed by atoms with Crippen molar-refractivity contribution in [2.24, 2.45) is 0 Å². The van der Waals surface area contributed by atoms with Gasteiger partial charge in [-0.3, -0.25) is 0 Å². The molecular formula is C25H29N7O3. The first-order valence-corrected chi connectivity index (χ1v) is 12.0. The smallest absolute Gasteiger partial charge is 0.318 e. The number of rotatable bonds is 11. The summed E-state index contributed by atoms with van der Waals surface area (Å²) >= 11 is 0. The van der Waals surface area contributed by atoms with Crippen molar-refractivity contribution in [3.05, 3.63) is 60.3 Å². The van der Waals surface area contributed by atoms with Crippen LogP contribution in [0.5, 0.6) is 11.8 Å². The number of anilines is 1. The van der Waals surface area contributed by atoms with Gasteiger partial charge in [0.1, 0.15) is 23.6 Å². The van der Waals surface area contributed by atoms with Crippen LogP contribution in [0.1, 0.15) is 43.9 Å². The van der Waals surface area contributed by atoms with Gasteiger partial charge < -0.3 is 24.1 Å². The molecule has 3 aromatic heterocycles. The van der Waals surface area contributed by atoms with Crippen molar-refractivity contribution in [2.45, 2.75) is 51.9 Å². The Bertz CT molecular complexity index is 1240. The van der Waals surface area contributed by atoms with Crippen molar-refractivity contribution in [3.63, 3.8) is 0 Å². The molecule has 0 bridgehead atoms. The third-order valence-electron chi connectivity index (χ3n) is 6.09. The number of nitrogens with one attached hydrogen (secondary N) is 1. The zero-order valence-electron chi connectivity index (χ0n) is 19.8. The average molecular weight is 476 g/mol. The number of hydrogen-bond acceptors (Lipinski definition) is 9. The molecule has 0 atom stereocenters. The summed E-state index contributed by atoms with van der Waals surface area (Å²) in [7, 11) is 0. The second-order valence-electron chi connectivity index (χ2n) is 8.44. The van der Waals surface area contributed by atoms with E-state index in [2.05, 4.69) is 54.1 Å². The number of nitrogens with zero attached hydrogens (tertiary/aromatic N) is 6. The molecule has 5 rings (SSSR count). The Morgan fingerprint density at radius 1 is 1.11 bits per heavy atom. The van der Waals surface area contributed by atoms with Gasteiger partial charge in [-0.05, 0) is 43.5 Å². The highest BCUT2D eigenvalue weighted by molar-refractivity contribution is 5.68. The van der Waals surface area contributed by atoms with E-state index in [4.69, 9.17) is 14.2 Å². The van der Waals surface area contributed by atoms with Crippen LogP contribution in [0.4, 0.5) is 5.69 Å². The molecule has 10 nitrogen and oxygen atoms in total. The van der Waals surface area contributed by atoms with Crippen molar-refractivity contribution in [3.8, 4) is 11.8 Å². The predicted molar refractivity (Wildman–Crippen MR) is 130 cm³/mol. The fourth-order valence-electron chi connectivity index (χ4n) is 4.24. The average Bonchev–Trinajstić information content (AvgIpc) is 3.58. The quantitative estimate of drug-likeness (QED) is 0.321. The third-order valence-corrected chi connectivity index (χ3v) is 6.09. The van der Waals surface area contributed by atoms with E-state index in [1.54, 1.807) is 18.7 Å². The van der Waals surface area contributed by atoms with Crippen LogP contribution in [-0.2, 0) is 17.9 Å². The molecule has 0 aliphatic heterocycles. The van der Waals surface area contributed by atoms with Gasteiger partial charge in [0.2, 0.25) is 0 Å². The van der Waals surface area contributed by atoms with Crippen LogP contribution >= 0.6 is 0 Å². The van der Waals surface area contributed by atoms with Gasteiger partial charge in [-0.2, -0.15) is 10.1 Å². The molecule has 0 amide bonds. The summed E-state index contributed by atoms with van der Waals surface area (Å²) in [6.45, 7) is 4.05. The molecule has 1 aromatic carbocycles. The Hall–Kier alpha value is -3.79. The number of fused-ring (bicyclic) bond motifs is 1. The first-order valence-electron chi connectivity index (χ1n) is 12.0. The predicted octanol–water partition coefficient (Wildman–Crippen LogP) is 4.04. The zero-order valence-corrected chi connectivity index (χ0v) is 19.8. The number of aromatic amines is 1. The maximum absolute atomic E-state index is 5.86. The minimum absolute atomic E-state index is 0.192. The van der Waals surface area contributed by atoms with Gasteiger partial charge >= 0.3 is 6.01 Å². The summed E-state index contributed by atoms with van der Waals surface area (Å²) in [5.41, 5.74) is 4.09. The molecule has 3 heterocycles. The molecular weight excluding hydrogens is 446 g/mol. The highest BCUT2D eigenvalue weighted by Crippen LogP contribution is 2.24. The summed E-state index contributed by atoms with van der Waals surface area (Å²) in [6, 6.07) is 10.3. The number of benzene rings is 1. The molecule has 4 aromatic rings. The maximum Gasteiger partial charge on any atom is 0.318 e. The van der Waals surface area contributed by atoms with Gasteiger partial charge in [-0.15, -0.1) is 5.10 Å². The van der Waals surface area contributed by atoms with Crippen molar-refractivity contribution in [1.29, 1.82) is 0 Å². The lowest BCUT2D eigenvalue weighted by Gasteiger charge is -2.25. The minimum atomic E-state index is 0.192. The Morgan fingerprint density at radius 3 is 2.91 bits per heavy atom. The number of hydrogen-bond donors (Lipinski definition) is 1. The van der Waals surface area contributed by atoms with Crippen LogP contribution in [0, 0.1) is 0 Å². The van der Waals surface area contributed by atoms with Crippen LogP contribution < -0.4 is 14.4 Å². The summed E-state index contributed by atoms with van der Waals surface area (Å²) in [5, 5.41) is 8.37. The van der Waals surface area contributed by atoms with Crippen molar-refractivity contribution in [2.75, 3.05) is 18.2 Å². The monoisotopic (exact) mass is 475 g/mol. The first kappa shape index (κ1) is 23.0. The molecule has 1 aliphatic rings. The molecule has 1 saturated carbocycles. The summed E-state index contributed by atoms with van der Waals surface area (Å²) in [6.07, 6.45) is 10.00. The minimum Gasteiger partial charge on any atom is -0.468 e. The number of imidazole rings is 1. The number of aromatic nitrogens is 6. The van der Waals surface area contributed by atoms with Crippen molar-refractivity contribution >= 4 is 16.9 Å². The molecule has 0 saturated heterocycles.